The molecule has 2 aromatic rings. The van der Waals surface area contributed by atoms with E-state index in [-0.39, 0.29) is 5.41 Å². The smallest absolute Gasteiger partial charge is 0.0629 e. The Morgan fingerprint density at radius 1 is 0.913 bits per heavy atom. The summed E-state index contributed by atoms with van der Waals surface area (Å²) < 4.78 is 3.97. The van der Waals surface area contributed by atoms with Crippen LogP contribution in [0, 0.1) is 10.8 Å². The maximum Gasteiger partial charge on any atom is 0.0629 e. The Hall–Kier alpha value is -1.58. The first-order valence-corrected chi connectivity index (χ1v) is 8.64. The molecule has 2 rings (SSSR count). The van der Waals surface area contributed by atoms with E-state index in [9.17, 15) is 0 Å². The molecular weight excluding hydrogens is 284 g/mol. The molecule has 23 heavy (non-hydrogen) atoms. The van der Waals surface area contributed by atoms with Gasteiger partial charge in [-0.05, 0) is 48.6 Å². The lowest BCUT2D eigenvalue weighted by Crippen LogP contribution is -2.18. The highest BCUT2D eigenvalue weighted by atomic mass is 15.3. The largest absolute Gasteiger partial charge is 0.276 e. The summed E-state index contributed by atoms with van der Waals surface area (Å²) in [6.45, 7) is 12.4. The van der Waals surface area contributed by atoms with Crippen LogP contribution in [0.25, 0.3) is 0 Å². The molecule has 0 aromatic carbocycles. The van der Waals surface area contributed by atoms with Crippen molar-refractivity contribution in [1.29, 1.82) is 0 Å². The van der Waals surface area contributed by atoms with Crippen molar-refractivity contribution in [2.24, 2.45) is 17.9 Å². The fourth-order valence-electron chi connectivity index (χ4n) is 2.72. The highest BCUT2D eigenvalue weighted by molar-refractivity contribution is 5.02. The number of aryl methyl sites for hydroxylation is 3. The van der Waals surface area contributed by atoms with E-state index in [1.54, 1.807) is 0 Å². The van der Waals surface area contributed by atoms with Gasteiger partial charge in [0.25, 0.3) is 0 Å². The number of hydrogen-bond acceptors (Lipinski definition) is 2. The van der Waals surface area contributed by atoms with Gasteiger partial charge in [0.15, 0.2) is 0 Å². The quantitative estimate of drug-likeness (QED) is 0.765. The Labute approximate surface area is 140 Å². The molecule has 2 aromatic heterocycles. The summed E-state index contributed by atoms with van der Waals surface area (Å²) in [4.78, 5) is 0. The van der Waals surface area contributed by atoms with Gasteiger partial charge in [-0.1, -0.05) is 34.6 Å². The summed E-state index contributed by atoms with van der Waals surface area (Å²) in [6, 6.07) is 4.28. The maximum absolute atomic E-state index is 4.72. The predicted molar refractivity (Wildman–Crippen MR) is 95.3 cm³/mol. The molecule has 0 aliphatic carbocycles. The third-order valence-electron chi connectivity index (χ3n) is 4.27. The van der Waals surface area contributed by atoms with Crippen molar-refractivity contribution in [3.05, 3.63) is 35.9 Å². The molecule has 0 atom stereocenters. The molecule has 128 valence electrons. The lowest BCUT2D eigenvalue weighted by molar-refractivity contribution is 0.300. The Bertz CT molecular complexity index is 613. The normalized spacial score (nSPS) is 12.8. The van der Waals surface area contributed by atoms with E-state index in [1.807, 2.05) is 17.9 Å². The van der Waals surface area contributed by atoms with E-state index in [0.29, 0.717) is 5.41 Å². The number of hydrogen-bond donors (Lipinski definition) is 0. The molecule has 4 heteroatoms. The van der Waals surface area contributed by atoms with E-state index < -0.39 is 0 Å². The monoisotopic (exact) mass is 316 g/mol. The van der Waals surface area contributed by atoms with E-state index in [4.69, 9.17) is 5.10 Å². The molecule has 0 saturated heterocycles. The van der Waals surface area contributed by atoms with Crippen molar-refractivity contribution in [3.63, 3.8) is 0 Å². The van der Waals surface area contributed by atoms with Gasteiger partial charge < -0.3 is 0 Å². The van der Waals surface area contributed by atoms with Crippen molar-refractivity contribution in [2.45, 2.75) is 66.8 Å². The molecule has 0 N–H and O–H groups in total. The lowest BCUT2D eigenvalue weighted by atomic mass is 9.84. The average molecular weight is 316 g/mol. The molecule has 0 spiro atoms. The summed E-state index contributed by atoms with van der Waals surface area (Å²) >= 11 is 0. The minimum Gasteiger partial charge on any atom is -0.276 e. The van der Waals surface area contributed by atoms with Gasteiger partial charge in [-0.25, -0.2) is 0 Å². The number of nitrogens with zero attached hydrogens (tertiary/aromatic N) is 4. The van der Waals surface area contributed by atoms with Crippen LogP contribution in [-0.4, -0.2) is 19.6 Å². The van der Waals surface area contributed by atoms with Crippen LogP contribution in [0.2, 0.25) is 0 Å². The van der Waals surface area contributed by atoms with E-state index in [1.165, 1.54) is 17.8 Å². The summed E-state index contributed by atoms with van der Waals surface area (Å²) in [7, 11) is 1.97. The van der Waals surface area contributed by atoms with Gasteiger partial charge in [0.1, 0.15) is 0 Å². The zero-order valence-electron chi connectivity index (χ0n) is 15.6. The first-order chi connectivity index (χ1) is 10.6. The molecule has 0 bridgehead atoms. The van der Waals surface area contributed by atoms with Gasteiger partial charge in [0.05, 0.1) is 11.4 Å². The minimum atomic E-state index is 0.228. The molecule has 0 unspecified atom stereocenters. The molecule has 4 nitrogen and oxygen atoms in total. The molecule has 2 heterocycles. The van der Waals surface area contributed by atoms with Crippen LogP contribution in [0.3, 0.4) is 0 Å². The van der Waals surface area contributed by atoms with Crippen LogP contribution in [-0.2, 0) is 26.4 Å². The van der Waals surface area contributed by atoms with Crippen molar-refractivity contribution in [1.82, 2.24) is 19.6 Å². The fourth-order valence-corrected chi connectivity index (χ4v) is 2.72. The van der Waals surface area contributed by atoms with E-state index in [0.717, 1.165) is 25.8 Å². The van der Waals surface area contributed by atoms with Gasteiger partial charge in [-0.3, -0.25) is 9.36 Å². The number of rotatable bonds is 7. The second-order valence-corrected chi connectivity index (χ2v) is 8.70. The van der Waals surface area contributed by atoms with E-state index >= 15 is 0 Å². The second kappa shape index (κ2) is 6.90. The average Bonchev–Trinajstić information content (AvgIpc) is 3.02. The second-order valence-electron chi connectivity index (χ2n) is 8.70. The van der Waals surface area contributed by atoms with Crippen LogP contribution in [0.15, 0.2) is 24.5 Å². The van der Waals surface area contributed by atoms with Crippen molar-refractivity contribution >= 4 is 0 Å². The van der Waals surface area contributed by atoms with Crippen molar-refractivity contribution in [3.8, 4) is 0 Å². The molecule has 0 saturated carbocycles. The lowest BCUT2D eigenvalue weighted by Gasteiger charge is -2.23. The summed E-state index contributed by atoms with van der Waals surface area (Å²) in [6.07, 6.45) is 8.48. The summed E-state index contributed by atoms with van der Waals surface area (Å²) in [5, 5.41) is 9.22. The van der Waals surface area contributed by atoms with Crippen LogP contribution in [0.5, 0.6) is 0 Å². The molecule has 0 aliphatic heterocycles. The SMILES string of the molecule is Cn1ccc(CC(C)(C)CCn2ccc(CCC(C)(C)C)n2)n1. The highest BCUT2D eigenvalue weighted by Crippen LogP contribution is 2.26. The first-order valence-electron chi connectivity index (χ1n) is 8.64. The Kier molecular flexibility index (Phi) is 5.33. The maximum atomic E-state index is 4.72. The van der Waals surface area contributed by atoms with Crippen molar-refractivity contribution in [2.75, 3.05) is 0 Å². The van der Waals surface area contributed by atoms with Gasteiger partial charge in [-0.15, -0.1) is 0 Å². The molecule has 0 amide bonds. The topological polar surface area (TPSA) is 35.6 Å². The summed E-state index contributed by atoms with van der Waals surface area (Å²) in [5.41, 5.74) is 2.98. The molecule has 0 fully saturated rings. The zero-order valence-corrected chi connectivity index (χ0v) is 15.6. The Morgan fingerprint density at radius 3 is 2.22 bits per heavy atom. The van der Waals surface area contributed by atoms with Gasteiger partial charge in [-0.2, -0.15) is 10.2 Å². The van der Waals surface area contributed by atoms with E-state index in [2.05, 4.69) is 62.7 Å². The van der Waals surface area contributed by atoms with Crippen LogP contribution < -0.4 is 0 Å². The Balaban J connectivity index is 1.84. The third kappa shape index (κ3) is 6.20. The van der Waals surface area contributed by atoms with Gasteiger partial charge in [0, 0.05) is 26.0 Å². The minimum absolute atomic E-state index is 0.228. The fraction of sp³-hybridized carbons (Fsp3) is 0.684. The third-order valence-corrected chi connectivity index (χ3v) is 4.27. The van der Waals surface area contributed by atoms with Crippen LogP contribution >= 0.6 is 0 Å². The predicted octanol–water partition coefficient (Wildman–Crippen LogP) is 4.25. The Morgan fingerprint density at radius 2 is 1.61 bits per heavy atom. The molecular formula is C19H32N4. The van der Waals surface area contributed by atoms with Crippen molar-refractivity contribution < 1.29 is 0 Å². The molecule has 0 aliphatic rings. The first kappa shape index (κ1) is 17.8. The van der Waals surface area contributed by atoms with Gasteiger partial charge >= 0.3 is 0 Å². The highest BCUT2D eigenvalue weighted by Gasteiger charge is 2.20. The summed E-state index contributed by atoms with van der Waals surface area (Å²) in [5.74, 6) is 0. The van der Waals surface area contributed by atoms with Crippen LogP contribution in [0.4, 0.5) is 0 Å². The molecule has 0 radical (unpaired) electrons. The van der Waals surface area contributed by atoms with Gasteiger partial charge in [0.2, 0.25) is 0 Å². The zero-order chi connectivity index (χ0) is 17.1. The van der Waals surface area contributed by atoms with Crippen LogP contribution in [0.1, 0.15) is 58.8 Å². The standard InChI is InChI=1S/C19H32N4/c1-18(2,3)10-7-16-9-13-23(21-16)14-11-19(4,5)15-17-8-12-22(6)20-17/h8-9,12-13H,7,10-11,14-15H2,1-6H3. The number of aromatic nitrogens is 4.